The van der Waals surface area contributed by atoms with Crippen molar-refractivity contribution in [3.63, 3.8) is 0 Å². The number of aliphatic imine (C=N–C) groups is 1. The summed E-state index contributed by atoms with van der Waals surface area (Å²) in [4.78, 5) is 21.8. The molecule has 3 aromatic carbocycles. The van der Waals surface area contributed by atoms with Gasteiger partial charge in [0.25, 0.3) is 0 Å². The van der Waals surface area contributed by atoms with Crippen LogP contribution in [0.25, 0.3) is 10.8 Å². The van der Waals surface area contributed by atoms with E-state index in [1.807, 2.05) is 0 Å². The lowest BCUT2D eigenvalue weighted by molar-refractivity contribution is -0.131. The van der Waals surface area contributed by atoms with Crippen LogP contribution in [0.15, 0.2) is 77.8 Å². The Labute approximate surface area is 214 Å². The molecule has 1 N–H and O–H groups in total. The molecular formula is C32H37N3O. The van der Waals surface area contributed by atoms with Crippen molar-refractivity contribution in [1.29, 1.82) is 0 Å². The van der Waals surface area contributed by atoms with Crippen LogP contribution in [0.5, 0.6) is 0 Å². The summed E-state index contributed by atoms with van der Waals surface area (Å²) in [5.41, 5.74) is 2.00. The molecule has 4 aliphatic rings. The molecule has 7 rings (SSSR count). The van der Waals surface area contributed by atoms with E-state index in [1.54, 1.807) is 0 Å². The zero-order chi connectivity index (χ0) is 24.7. The molecule has 0 aromatic heterocycles. The monoisotopic (exact) mass is 479 g/mol. The van der Waals surface area contributed by atoms with Crippen LogP contribution in [0.2, 0.25) is 0 Å². The van der Waals surface area contributed by atoms with Crippen LogP contribution in [-0.4, -0.2) is 48.2 Å². The maximum atomic E-state index is 14.1. The molecular weight excluding hydrogens is 442 g/mol. The Kier molecular flexibility index (Phi) is 6.17. The van der Waals surface area contributed by atoms with Gasteiger partial charge in [0.15, 0.2) is 5.54 Å². The number of amides is 1. The first-order chi connectivity index (χ1) is 17.6. The second-order valence-electron chi connectivity index (χ2n) is 11.5. The van der Waals surface area contributed by atoms with E-state index in [0.717, 1.165) is 32.4 Å². The number of carbonyl (C=O) groups excluding carboxylic acids is 1. The number of nitrogens with zero attached hydrogens (tertiary/aromatic N) is 2. The highest BCUT2D eigenvalue weighted by atomic mass is 16.2. The topological polar surface area (TPSA) is 44.7 Å². The Morgan fingerprint density at radius 1 is 1.06 bits per heavy atom. The van der Waals surface area contributed by atoms with E-state index in [2.05, 4.69) is 103 Å². The standard InChI is InChI=1S/C32H37N3O/c1-22(2)20-35-21-27-18-26-19-34-32(27,30(35)29(26)17-23-9-4-3-5-10-23)31(36)33-16-15-25-13-8-12-24-11-6-7-14-28(24)25/h3-14,19,22,26-27,29-30H,15-18,20-21H2,1-2H3,(H,33,36)/t26-,27-,29+,30-,32-/m0/s1. The van der Waals surface area contributed by atoms with Gasteiger partial charge >= 0.3 is 0 Å². The van der Waals surface area contributed by atoms with Gasteiger partial charge in [0.2, 0.25) is 5.91 Å². The molecule has 3 aromatic rings. The summed E-state index contributed by atoms with van der Waals surface area (Å²) in [5.74, 6) is 1.89. The summed E-state index contributed by atoms with van der Waals surface area (Å²) in [5, 5.41) is 5.89. The summed E-state index contributed by atoms with van der Waals surface area (Å²) in [6.45, 7) is 7.22. The highest BCUT2D eigenvalue weighted by Gasteiger charge is 2.67. The Morgan fingerprint density at radius 2 is 1.83 bits per heavy atom. The number of fused-ring (bicyclic) bond motifs is 1. The smallest absolute Gasteiger partial charge is 0.249 e. The summed E-state index contributed by atoms with van der Waals surface area (Å²) < 4.78 is 0. The summed E-state index contributed by atoms with van der Waals surface area (Å²) in [6, 6.07) is 25.9. The van der Waals surface area contributed by atoms with Crippen LogP contribution in [0.4, 0.5) is 0 Å². The lowest BCUT2D eigenvalue weighted by Crippen LogP contribution is -2.66. The Morgan fingerprint density at radius 3 is 2.67 bits per heavy atom. The van der Waals surface area contributed by atoms with E-state index < -0.39 is 5.54 Å². The fraction of sp³-hybridized carbons (Fsp3) is 0.438. The Bertz CT molecular complexity index is 1260. The van der Waals surface area contributed by atoms with Gasteiger partial charge in [0.1, 0.15) is 0 Å². The number of carbonyl (C=O) groups is 1. The van der Waals surface area contributed by atoms with Crippen molar-refractivity contribution < 1.29 is 4.79 Å². The lowest BCUT2D eigenvalue weighted by atomic mass is 9.59. The number of nitrogens with one attached hydrogen (secondary N) is 1. The largest absolute Gasteiger partial charge is 0.354 e. The maximum absolute atomic E-state index is 14.1. The second-order valence-corrected chi connectivity index (χ2v) is 11.5. The fourth-order valence-electron chi connectivity index (χ4n) is 7.36. The number of benzene rings is 3. The minimum absolute atomic E-state index is 0.136. The third-order valence-corrected chi connectivity index (χ3v) is 8.75. The van der Waals surface area contributed by atoms with Gasteiger partial charge < -0.3 is 5.32 Å². The van der Waals surface area contributed by atoms with Gasteiger partial charge in [-0.15, -0.1) is 0 Å². The van der Waals surface area contributed by atoms with Gasteiger partial charge in [-0.1, -0.05) is 86.6 Å². The molecule has 1 saturated heterocycles. The number of rotatable bonds is 8. The van der Waals surface area contributed by atoms with Crippen LogP contribution in [0.3, 0.4) is 0 Å². The van der Waals surface area contributed by atoms with Crippen LogP contribution < -0.4 is 5.32 Å². The van der Waals surface area contributed by atoms with Gasteiger partial charge in [-0.05, 0) is 58.9 Å². The van der Waals surface area contributed by atoms with Gasteiger partial charge in [-0.3, -0.25) is 14.7 Å². The maximum Gasteiger partial charge on any atom is 0.249 e. The molecule has 1 aliphatic carbocycles. The molecule has 5 atom stereocenters. The zero-order valence-corrected chi connectivity index (χ0v) is 21.4. The van der Waals surface area contributed by atoms with Gasteiger partial charge in [0.05, 0.1) is 0 Å². The molecule has 0 radical (unpaired) electrons. The molecule has 0 spiro atoms. The average Bonchev–Trinajstić information content (AvgIpc) is 3.14. The van der Waals surface area contributed by atoms with E-state index in [-0.39, 0.29) is 11.9 Å². The number of hydrogen-bond donors (Lipinski definition) is 1. The lowest BCUT2D eigenvalue weighted by Gasteiger charge is -2.51. The molecule has 186 valence electrons. The van der Waals surface area contributed by atoms with Gasteiger partial charge in [-0.25, -0.2) is 0 Å². The van der Waals surface area contributed by atoms with Gasteiger partial charge in [-0.2, -0.15) is 0 Å². The predicted molar refractivity (Wildman–Crippen MR) is 147 cm³/mol. The molecule has 2 fully saturated rings. The second kappa shape index (κ2) is 9.48. The zero-order valence-electron chi connectivity index (χ0n) is 21.4. The third-order valence-electron chi connectivity index (χ3n) is 8.75. The van der Waals surface area contributed by atoms with Crippen molar-refractivity contribution in [3.05, 3.63) is 83.9 Å². The van der Waals surface area contributed by atoms with Crippen molar-refractivity contribution >= 4 is 22.9 Å². The van der Waals surface area contributed by atoms with Crippen LogP contribution in [0.1, 0.15) is 31.4 Å². The molecule has 3 aliphatic heterocycles. The van der Waals surface area contributed by atoms with E-state index in [4.69, 9.17) is 4.99 Å². The van der Waals surface area contributed by atoms with Crippen molar-refractivity contribution in [3.8, 4) is 0 Å². The molecule has 4 bridgehead atoms. The number of hydrogen-bond acceptors (Lipinski definition) is 3. The normalized spacial score (nSPS) is 28.8. The Balaban J connectivity index is 1.25. The van der Waals surface area contributed by atoms with Crippen molar-refractivity contribution in [2.24, 2.45) is 28.7 Å². The molecule has 3 heterocycles. The molecule has 1 saturated carbocycles. The van der Waals surface area contributed by atoms with E-state index >= 15 is 0 Å². The van der Waals surface area contributed by atoms with Crippen molar-refractivity contribution in [1.82, 2.24) is 10.2 Å². The van der Waals surface area contributed by atoms with Crippen LogP contribution in [0, 0.1) is 23.7 Å². The minimum Gasteiger partial charge on any atom is -0.354 e. The fourth-order valence-corrected chi connectivity index (χ4v) is 7.36. The molecule has 0 unspecified atom stereocenters. The molecule has 36 heavy (non-hydrogen) atoms. The summed E-state index contributed by atoms with van der Waals surface area (Å²) >= 11 is 0. The summed E-state index contributed by atoms with van der Waals surface area (Å²) in [7, 11) is 0. The van der Waals surface area contributed by atoms with Crippen molar-refractivity contribution in [2.45, 2.75) is 44.7 Å². The minimum atomic E-state index is -0.651. The first kappa shape index (κ1) is 23.4. The van der Waals surface area contributed by atoms with E-state index in [9.17, 15) is 4.79 Å². The third kappa shape index (κ3) is 3.96. The molecule has 1 amide bonds. The molecule has 4 nitrogen and oxygen atoms in total. The van der Waals surface area contributed by atoms with E-state index in [0.29, 0.717) is 30.2 Å². The average molecular weight is 480 g/mol. The molecule has 4 heteroatoms. The van der Waals surface area contributed by atoms with E-state index in [1.165, 1.54) is 21.9 Å². The predicted octanol–water partition coefficient (Wildman–Crippen LogP) is 5.16. The first-order valence-electron chi connectivity index (χ1n) is 13.6. The summed E-state index contributed by atoms with van der Waals surface area (Å²) in [6.07, 6.45) is 5.05. The highest BCUT2D eigenvalue weighted by Crippen LogP contribution is 2.54. The van der Waals surface area contributed by atoms with Crippen LogP contribution in [-0.2, 0) is 17.6 Å². The SMILES string of the molecule is CC(C)CN1C[C@@H]2C[C@H]3C=N[C@]2(C(=O)NCCc2cccc4ccccc24)[C@@H]1[C@@H]3Cc1ccccc1. The van der Waals surface area contributed by atoms with Crippen LogP contribution >= 0.6 is 0 Å². The van der Waals surface area contributed by atoms with Gasteiger partial charge in [0, 0.05) is 37.8 Å². The first-order valence-corrected chi connectivity index (χ1v) is 13.6. The number of likely N-dealkylation sites (tertiary alicyclic amines) is 1. The highest BCUT2D eigenvalue weighted by molar-refractivity contribution is 5.92. The van der Waals surface area contributed by atoms with Crippen molar-refractivity contribution in [2.75, 3.05) is 19.6 Å². The Hall–Kier alpha value is -2.98. The quantitative estimate of drug-likeness (QED) is 0.485.